The Balaban J connectivity index is 1.60. The van der Waals surface area contributed by atoms with Gasteiger partial charge in [-0.3, -0.25) is 4.79 Å². The number of hydrogen-bond donors (Lipinski definition) is 1. The standard InChI is InChI=1S/C27H21BrN2O4/c1-2-33-20-14-11-19(12-15-20)27(32)34-25-16-13-18-7-3-4-8-21(18)23(25)17-29-30-26(31)22-9-5-6-10-24(22)28/h3-17H,2H2,1H3,(H,30,31). The van der Waals surface area contributed by atoms with Gasteiger partial charge in [0.05, 0.1) is 23.9 Å². The van der Waals surface area contributed by atoms with E-state index in [-0.39, 0.29) is 5.91 Å². The molecular weight excluding hydrogens is 496 g/mol. The van der Waals surface area contributed by atoms with Gasteiger partial charge in [-0.25, -0.2) is 10.2 Å². The number of carbonyl (C=O) groups is 2. The van der Waals surface area contributed by atoms with Crippen molar-refractivity contribution in [3.05, 3.63) is 106 Å². The molecule has 0 unspecified atom stereocenters. The van der Waals surface area contributed by atoms with E-state index in [1.54, 1.807) is 48.5 Å². The zero-order chi connectivity index (χ0) is 23.9. The van der Waals surface area contributed by atoms with Gasteiger partial charge in [0.1, 0.15) is 11.5 Å². The molecule has 0 aliphatic rings. The molecule has 0 fully saturated rings. The Hall–Kier alpha value is -3.97. The summed E-state index contributed by atoms with van der Waals surface area (Å²) in [6.07, 6.45) is 1.48. The first-order valence-electron chi connectivity index (χ1n) is 10.6. The molecule has 4 rings (SSSR count). The van der Waals surface area contributed by atoms with Gasteiger partial charge in [0.15, 0.2) is 0 Å². The lowest BCUT2D eigenvalue weighted by Gasteiger charge is -2.11. The van der Waals surface area contributed by atoms with E-state index in [1.807, 2.05) is 43.3 Å². The summed E-state index contributed by atoms with van der Waals surface area (Å²) in [4.78, 5) is 25.3. The summed E-state index contributed by atoms with van der Waals surface area (Å²) in [7, 11) is 0. The van der Waals surface area contributed by atoms with E-state index in [9.17, 15) is 9.59 Å². The highest BCUT2D eigenvalue weighted by Crippen LogP contribution is 2.28. The second kappa shape index (κ2) is 10.8. The maximum absolute atomic E-state index is 12.8. The molecule has 6 nitrogen and oxygen atoms in total. The van der Waals surface area contributed by atoms with Gasteiger partial charge in [-0.2, -0.15) is 5.10 Å². The van der Waals surface area contributed by atoms with Gasteiger partial charge in [-0.1, -0.05) is 42.5 Å². The molecule has 0 aliphatic carbocycles. The first-order valence-corrected chi connectivity index (χ1v) is 11.4. The first kappa shape index (κ1) is 23.2. The molecule has 0 bridgehead atoms. The minimum absolute atomic E-state index is 0.330. The average Bonchev–Trinajstić information content (AvgIpc) is 2.86. The zero-order valence-corrected chi connectivity index (χ0v) is 19.9. The Morgan fingerprint density at radius 1 is 0.941 bits per heavy atom. The number of carbonyl (C=O) groups excluding carboxylic acids is 2. The highest BCUT2D eigenvalue weighted by atomic mass is 79.9. The minimum Gasteiger partial charge on any atom is -0.494 e. The van der Waals surface area contributed by atoms with Gasteiger partial charge >= 0.3 is 5.97 Å². The molecule has 4 aromatic carbocycles. The molecule has 34 heavy (non-hydrogen) atoms. The number of amides is 1. The van der Waals surface area contributed by atoms with Crippen LogP contribution in [0.2, 0.25) is 0 Å². The Morgan fingerprint density at radius 3 is 2.44 bits per heavy atom. The van der Waals surface area contributed by atoms with Gasteiger partial charge in [-0.15, -0.1) is 0 Å². The van der Waals surface area contributed by atoms with Crippen molar-refractivity contribution in [3.8, 4) is 11.5 Å². The maximum Gasteiger partial charge on any atom is 0.343 e. The fraction of sp³-hybridized carbons (Fsp3) is 0.0741. The average molecular weight is 517 g/mol. The lowest BCUT2D eigenvalue weighted by Crippen LogP contribution is -2.18. The third kappa shape index (κ3) is 5.32. The summed E-state index contributed by atoms with van der Waals surface area (Å²) in [5, 5.41) is 5.91. The molecule has 0 atom stereocenters. The van der Waals surface area contributed by atoms with E-state index in [1.165, 1.54) is 6.21 Å². The topological polar surface area (TPSA) is 77.0 Å². The predicted molar refractivity (Wildman–Crippen MR) is 136 cm³/mol. The predicted octanol–water partition coefficient (Wildman–Crippen LogP) is 5.98. The van der Waals surface area contributed by atoms with Crippen LogP contribution in [0.4, 0.5) is 0 Å². The molecule has 1 N–H and O–H groups in total. The lowest BCUT2D eigenvalue weighted by atomic mass is 10.0. The van der Waals surface area contributed by atoms with Crippen LogP contribution in [0.5, 0.6) is 11.5 Å². The number of fused-ring (bicyclic) bond motifs is 1. The first-order chi connectivity index (χ1) is 16.6. The fourth-order valence-corrected chi connectivity index (χ4v) is 3.84. The third-order valence-electron chi connectivity index (χ3n) is 5.01. The van der Waals surface area contributed by atoms with Gasteiger partial charge in [0, 0.05) is 10.0 Å². The van der Waals surface area contributed by atoms with Crippen molar-refractivity contribution < 1.29 is 19.1 Å². The Morgan fingerprint density at radius 2 is 1.68 bits per heavy atom. The van der Waals surface area contributed by atoms with Crippen molar-refractivity contribution in [2.45, 2.75) is 6.92 Å². The van der Waals surface area contributed by atoms with Crippen LogP contribution in [0.15, 0.2) is 94.5 Å². The molecule has 0 aliphatic heterocycles. The van der Waals surface area contributed by atoms with Crippen molar-refractivity contribution in [2.24, 2.45) is 5.10 Å². The molecule has 7 heteroatoms. The third-order valence-corrected chi connectivity index (χ3v) is 5.70. The van der Waals surface area contributed by atoms with E-state index in [0.29, 0.717) is 39.3 Å². The van der Waals surface area contributed by atoms with Crippen LogP contribution in [0.25, 0.3) is 10.8 Å². The molecule has 0 radical (unpaired) electrons. The Kier molecular flexibility index (Phi) is 7.34. The zero-order valence-electron chi connectivity index (χ0n) is 18.3. The molecule has 0 heterocycles. The number of esters is 1. The number of hydrazone groups is 1. The van der Waals surface area contributed by atoms with Crippen LogP contribution in [-0.2, 0) is 0 Å². The summed E-state index contributed by atoms with van der Waals surface area (Å²) in [5.41, 5.74) is 3.95. The SMILES string of the molecule is CCOc1ccc(C(=O)Oc2ccc3ccccc3c2C=NNC(=O)c2ccccc2Br)cc1. The van der Waals surface area contributed by atoms with Gasteiger partial charge in [0.2, 0.25) is 0 Å². The Labute approximate surface area is 205 Å². The van der Waals surface area contributed by atoms with E-state index in [4.69, 9.17) is 9.47 Å². The summed E-state index contributed by atoms with van der Waals surface area (Å²) in [5.74, 6) is 0.136. The van der Waals surface area contributed by atoms with E-state index in [2.05, 4.69) is 26.5 Å². The molecule has 0 spiro atoms. The number of halogens is 1. The van der Waals surface area contributed by atoms with Crippen LogP contribution in [0.3, 0.4) is 0 Å². The number of rotatable bonds is 7. The smallest absolute Gasteiger partial charge is 0.343 e. The normalized spacial score (nSPS) is 10.9. The maximum atomic E-state index is 12.8. The minimum atomic E-state index is -0.509. The molecule has 0 saturated heterocycles. The summed E-state index contributed by atoms with van der Waals surface area (Å²) in [6.45, 7) is 2.44. The number of benzene rings is 4. The molecule has 0 saturated carbocycles. The molecule has 4 aromatic rings. The number of nitrogens with zero attached hydrogens (tertiary/aromatic N) is 1. The summed E-state index contributed by atoms with van der Waals surface area (Å²) >= 11 is 3.36. The van der Waals surface area contributed by atoms with Crippen LogP contribution in [0, 0.1) is 0 Å². The van der Waals surface area contributed by atoms with Crippen LogP contribution >= 0.6 is 15.9 Å². The molecular formula is C27H21BrN2O4. The van der Waals surface area contributed by atoms with E-state index >= 15 is 0 Å². The summed E-state index contributed by atoms with van der Waals surface area (Å²) in [6, 6.07) is 25.1. The molecule has 1 amide bonds. The van der Waals surface area contributed by atoms with Crippen LogP contribution in [0.1, 0.15) is 33.2 Å². The van der Waals surface area contributed by atoms with Crippen molar-refractivity contribution in [3.63, 3.8) is 0 Å². The van der Waals surface area contributed by atoms with E-state index in [0.717, 1.165) is 10.8 Å². The number of hydrogen-bond acceptors (Lipinski definition) is 5. The largest absolute Gasteiger partial charge is 0.494 e. The Bertz CT molecular complexity index is 1370. The second-order valence-corrected chi connectivity index (χ2v) is 8.08. The lowest BCUT2D eigenvalue weighted by molar-refractivity contribution is 0.0734. The van der Waals surface area contributed by atoms with Crippen LogP contribution < -0.4 is 14.9 Å². The van der Waals surface area contributed by atoms with Gasteiger partial charge in [0.25, 0.3) is 5.91 Å². The highest BCUT2D eigenvalue weighted by molar-refractivity contribution is 9.10. The number of nitrogens with one attached hydrogen (secondary N) is 1. The fourth-order valence-electron chi connectivity index (χ4n) is 3.37. The molecule has 0 aromatic heterocycles. The van der Waals surface area contributed by atoms with Gasteiger partial charge in [-0.05, 0) is 76.1 Å². The van der Waals surface area contributed by atoms with Crippen molar-refractivity contribution in [1.82, 2.24) is 5.43 Å². The highest BCUT2D eigenvalue weighted by Gasteiger charge is 2.14. The monoisotopic (exact) mass is 516 g/mol. The number of ether oxygens (including phenoxy) is 2. The van der Waals surface area contributed by atoms with Gasteiger partial charge < -0.3 is 9.47 Å². The van der Waals surface area contributed by atoms with E-state index < -0.39 is 5.97 Å². The quantitative estimate of drug-likeness (QED) is 0.142. The van der Waals surface area contributed by atoms with Crippen molar-refractivity contribution in [2.75, 3.05) is 6.61 Å². The summed E-state index contributed by atoms with van der Waals surface area (Å²) < 4.78 is 11.8. The molecule has 170 valence electrons. The van der Waals surface area contributed by atoms with Crippen LogP contribution in [-0.4, -0.2) is 24.7 Å². The second-order valence-electron chi connectivity index (χ2n) is 7.22. The van der Waals surface area contributed by atoms with Crippen molar-refractivity contribution in [1.29, 1.82) is 0 Å². The van der Waals surface area contributed by atoms with Crippen molar-refractivity contribution >= 4 is 44.8 Å².